The fourth-order valence-corrected chi connectivity index (χ4v) is 1.89. The average Bonchev–Trinajstić information content (AvgIpc) is 3.01. The Labute approximate surface area is 114 Å². The molecule has 20 heavy (non-hydrogen) atoms. The predicted molar refractivity (Wildman–Crippen MR) is 71.0 cm³/mol. The van der Waals surface area contributed by atoms with Gasteiger partial charge in [-0.25, -0.2) is 4.39 Å². The van der Waals surface area contributed by atoms with Crippen molar-refractivity contribution in [2.45, 2.75) is 6.92 Å². The van der Waals surface area contributed by atoms with Crippen molar-refractivity contribution < 1.29 is 8.91 Å². The first-order chi connectivity index (χ1) is 9.56. The quantitative estimate of drug-likeness (QED) is 0.773. The van der Waals surface area contributed by atoms with Crippen LogP contribution in [0.15, 0.2) is 28.9 Å². The Morgan fingerprint density at radius 2 is 2.10 bits per heavy atom. The number of hydrogen-bond acceptors (Lipinski definition) is 5. The minimum absolute atomic E-state index is 0.259. The van der Waals surface area contributed by atoms with Crippen molar-refractivity contribution in [1.29, 1.82) is 0 Å². The smallest absolute Gasteiger partial charge is 0.263 e. The number of nitrogen functional groups attached to an aromatic ring is 1. The van der Waals surface area contributed by atoms with Gasteiger partial charge in [0.2, 0.25) is 5.82 Å². The molecule has 0 saturated heterocycles. The number of benzene rings is 1. The van der Waals surface area contributed by atoms with Crippen LogP contribution in [0.5, 0.6) is 0 Å². The minimum atomic E-state index is -0.349. The summed E-state index contributed by atoms with van der Waals surface area (Å²) in [4.78, 5) is 4.25. The van der Waals surface area contributed by atoms with Crippen LogP contribution >= 0.6 is 0 Å². The highest BCUT2D eigenvalue weighted by Crippen LogP contribution is 2.27. The largest absolute Gasteiger partial charge is 0.383 e. The molecule has 6 nitrogen and oxygen atoms in total. The van der Waals surface area contributed by atoms with Crippen LogP contribution < -0.4 is 5.73 Å². The molecular weight excluding hydrogens is 261 g/mol. The molecule has 1 aromatic carbocycles. The lowest BCUT2D eigenvalue weighted by Crippen LogP contribution is -1.98. The maximum Gasteiger partial charge on any atom is 0.263 e. The van der Waals surface area contributed by atoms with E-state index in [0.717, 1.165) is 5.56 Å². The molecule has 3 rings (SSSR count). The van der Waals surface area contributed by atoms with Gasteiger partial charge in [-0.1, -0.05) is 11.2 Å². The van der Waals surface area contributed by atoms with Crippen molar-refractivity contribution in [3.8, 4) is 22.8 Å². The van der Waals surface area contributed by atoms with Gasteiger partial charge in [0.15, 0.2) is 0 Å². The van der Waals surface area contributed by atoms with Crippen LogP contribution in [0.1, 0.15) is 5.56 Å². The van der Waals surface area contributed by atoms with Gasteiger partial charge in [-0.3, -0.25) is 4.68 Å². The third-order valence-corrected chi connectivity index (χ3v) is 3.08. The first-order valence-corrected chi connectivity index (χ1v) is 5.94. The van der Waals surface area contributed by atoms with E-state index >= 15 is 0 Å². The van der Waals surface area contributed by atoms with Crippen LogP contribution in [0.25, 0.3) is 22.8 Å². The summed E-state index contributed by atoms with van der Waals surface area (Å²) in [6.07, 6.45) is 1.55. The summed E-state index contributed by atoms with van der Waals surface area (Å²) in [5.41, 5.74) is 7.85. The number of nitrogens with zero attached hydrogens (tertiary/aromatic N) is 4. The molecule has 0 unspecified atom stereocenters. The van der Waals surface area contributed by atoms with E-state index in [1.807, 2.05) is 6.92 Å². The summed E-state index contributed by atoms with van der Waals surface area (Å²) in [6, 6.07) is 4.43. The zero-order valence-electron chi connectivity index (χ0n) is 11.0. The van der Waals surface area contributed by atoms with Gasteiger partial charge in [0, 0.05) is 12.6 Å². The molecule has 2 N–H and O–H groups in total. The first kappa shape index (κ1) is 12.3. The number of rotatable bonds is 2. The molecule has 3 aromatic rings. The van der Waals surface area contributed by atoms with E-state index in [0.29, 0.717) is 22.8 Å². The highest BCUT2D eigenvalue weighted by atomic mass is 19.1. The average molecular weight is 273 g/mol. The maximum absolute atomic E-state index is 13.3. The first-order valence-electron chi connectivity index (χ1n) is 5.94. The molecule has 102 valence electrons. The highest BCUT2D eigenvalue weighted by molar-refractivity contribution is 5.68. The zero-order chi connectivity index (χ0) is 14.3. The van der Waals surface area contributed by atoms with Crippen LogP contribution in [0.3, 0.4) is 0 Å². The summed E-state index contributed by atoms with van der Waals surface area (Å²) in [6.45, 7) is 1.85. The molecule has 0 bridgehead atoms. The Morgan fingerprint density at radius 3 is 2.80 bits per heavy atom. The fourth-order valence-electron chi connectivity index (χ4n) is 1.89. The SMILES string of the molecule is Cc1ccc(F)cc1-c1noc(-c2cnn(C)c2N)n1. The highest BCUT2D eigenvalue weighted by Gasteiger charge is 2.17. The van der Waals surface area contributed by atoms with E-state index in [9.17, 15) is 4.39 Å². The molecule has 7 heteroatoms. The van der Waals surface area contributed by atoms with E-state index in [4.69, 9.17) is 10.3 Å². The van der Waals surface area contributed by atoms with Crippen LogP contribution in [0.4, 0.5) is 10.2 Å². The molecule has 0 amide bonds. The molecule has 0 aliphatic heterocycles. The summed E-state index contributed by atoms with van der Waals surface area (Å²) in [7, 11) is 1.72. The van der Waals surface area contributed by atoms with Gasteiger partial charge in [-0.15, -0.1) is 0 Å². The molecule has 0 saturated carbocycles. The van der Waals surface area contributed by atoms with Crippen molar-refractivity contribution >= 4 is 5.82 Å². The lowest BCUT2D eigenvalue weighted by molar-refractivity contribution is 0.432. The van der Waals surface area contributed by atoms with Crippen molar-refractivity contribution in [2.75, 3.05) is 5.73 Å². The second-order valence-corrected chi connectivity index (χ2v) is 4.45. The van der Waals surface area contributed by atoms with Crippen LogP contribution in [-0.2, 0) is 7.05 Å². The Morgan fingerprint density at radius 1 is 1.30 bits per heavy atom. The van der Waals surface area contributed by atoms with Gasteiger partial charge in [0.1, 0.15) is 17.2 Å². The maximum atomic E-state index is 13.3. The number of halogens is 1. The van der Waals surface area contributed by atoms with Gasteiger partial charge < -0.3 is 10.3 Å². The predicted octanol–water partition coefficient (Wildman–Crippen LogP) is 2.17. The third-order valence-electron chi connectivity index (χ3n) is 3.08. The van der Waals surface area contributed by atoms with Crippen LogP contribution in [0, 0.1) is 12.7 Å². The second-order valence-electron chi connectivity index (χ2n) is 4.45. The van der Waals surface area contributed by atoms with E-state index < -0.39 is 0 Å². The van der Waals surface area contributed by atoms with Gasteiger partial charge in [0.25, 0.3) is 5.89 Å². The van der Waals surface area contributed by atoms with Gasteiger partial charge in [0.05, 0.1) is 6.20 Å². The number of anilines is 1. The van der Waals surface area contributed by atoms with E-state index in [1.165, 1.54) is 16.8 Å². The fraction of sp³-hybridized carbons (Fsp3) is 0.154. The molecule has 2 aromatic heterocycles. The standard InChI is InChI=1S/C13H12FN5O/c1-7-3-4-8(14)5-9(7)12-17-13(20-18-12)10-6-16-19(2)11(10)15/h3-6H,15H2,1-2H3. The second kappa shape index (κ2) is 4.44. The Hall–Kier alpha value is -2.70. The van der Waals surface area contributed by atoms with Crippen molar-refractivity contribution in [1.82, 2.24) is 19.9 Å². The van der Waals surface area contributed by atoms with Crippen molar-refractivity contribution in [2.24, 2.45) is 7.05 Å². The minimum Gasteiger partial charge on any atom is -0.383 e. The molecule has 2 heterocycles. The molecule has 0 aliphatic carbocycles. The van der Waals surface area contributed by atoms with Crippen LogP contribution in [0.2, 0.25) is 0 Å². The molecule has 0 aliphatic rings. The van der Waals surface area contributed by atoms with Gasteiger partial charge in [-0.05, 0) is 24.6 Å². The number of hydrogen-bond donors (Lipinski definition) is 1. The lowest BCUT2D eigenvalue weighted by atomic mass is 10.1. The summed E-state index contributed by atoms with van der Waals surface area (Å²) < 4.78 is 20.0. The molecule has 0 fully saturated rings. The molecule has 0 atom stereocenters. The molecule has 0 spiro atoms. The lowest BCUT2D eigenvalue weighted by Gasteiger charge is -1.99. The van der Waals surface area contributed by atoms with Crippen molar-refractivity contribution in [3.63, 3.8) is 0 Å². The monoisotopic (exact) mass is 273 g/mol. The Balaban J connectivity index is 2.06. The summed E-state index contributed by atoms with van der Waals surface area (Å²) in [5.74, 6) is 0.656. The summed E-state index contributed by atoms with van der Waals surface area (Å²) >= 11 is 0. The number of aromatic nitrogens is 4. The summed E-state index contributed by atoms with van der Waals surface area (Å²) in [5, 5.41) is 7.88. The molecule has 0 radical (unpaired) electrons. The topological polar surface area (TPSA) is 82.8 Å². The Kier molecular flexibility index (Phi) is 2.74. The number of aryl methyl sites for hydroxylation is 2. The van der Waals surface area contributed by atoms with Gasteiger partial charge in [-0.2, -0.15) is 10.1 Å². The Bertz CT molecular complexity index is 777. The normalized spacial score (nSPS) is 10.9. The van der Waals surface area contributed by atoms with E-state index in [-0.39, 0.29) is 11.7 Å². The van der Waals surface area contributed by atoms with E-state index in [2.05, 4.69) is 15.2 Å². The zero-order valence-corrected chi connectivity index (χ0v) is 11.0. The van der Waals surface area contributed by atoms with E-state index in [1.54, 1.807) is 19.3 Å². The third kappa shape index (κ3) is 1.93. The van der Waals surface area contributed by atoms with Gasteiger partial charge >= 0.3 is 0 Å². The van der Waals surface area contributed by atoms with Crippen molar-refractivity contribution in [3.05, 3.63) is 35.8 Å². The molecular formula is C13H12FN5O. The van der Waals surface area contributed by atoms with Crippen LogP contribution in [-0.4, -0.2) is 19.9 Å². The number of nitrogens with two attached hydrogens (primary N) is 1.